The van der Waals surface area contributed by atoms with E-state index < -0.39 is 6.09 Å². The maximum absolute atomic E-state index is 10.6. The number of carbonyl (C=O) groups excluding carboxylic acids is 1. The van der Waals surface area contributed by atoms with Crippen LogP contribution >= 0.6 is 15.9 Å². The van der Waals surface area contributed by atoms with Gasteiger partial charge in [-0.25, -0.2) is 14.7 Å². The molecule has 0 atom stereocenters. The summed E-state index contributed by atoms with van der Waals surface area (Å²) in [5.41, 5.74) is 0. The third kappa shape index (κ3) is 1.20. The highest BCUT2D eigenvalue weighted by molar-refractivity contribution is 9.10. The number of nitrogens with zero attached hydrogens (tertiary/aromatic N) is 1. The molecule has 0 saturated carbocycles. The monoisotopic (exact) mass is 230 g/mol. The predicted octanol–water partition coefficient (Wildman–Crippen LogP) is 1.70. The molecule has 1 amide bonds. The quantitative estimate of drug-likeness (QED) is 0.690. The molecule has 2 rings (SSSR count). The van der Waals surface area contributed by atoms with E-state index in [9.17, 15) is 4.79 Å². The summed E-state index contributed by atoms with van der Waals surface area (Å²) in [7, 11) is 0. The third-order valence-electron chi connectivity index (χ3n) is 1.25. The van der Waals surface area contributed by atoms with E-state index in [4.69, 9.17) is 0 Å². The van der Waals surface area contributed by atoms with Gasteiger partial charge >= 0.3 is 6.09 Å². The zero-order valence-corrected chi connectivity index (χ0v) is 7.29. The van der Waals surface area contributed by atoms with Crippen molar-refractivity contribution in [1.29, 1.82) is 0 Å². The second-order valence-electron chi connectivity index (χ2n) is 2.08. The summed E-state index contributed by atoms with van der Waals surface area (Å²) in [5.74, 6) is 0.735. The molecule has 0 aliphatic carbocycles. The molecule has 1 aromatic rings. The minimum absolute atomic E-state index is 0.356. The van der Waals surface area contributed by atoms with Crippen molar-refractivity contribution in [3.05, 3.63) is 16.7 Å². The molecular formula is C6H3BrN2O3. The molecule has 0 fully saturated rings. The van der Waals surface area contributed by atoms with Crippen molar-refractivity contribution < 1.29 is 14.6 Å². The average molecular weight is 231 g/mol. The summed E-state index contributed by atoms with van der Waals surface area (Å²) in [6, 6.07) is 1.64. The minimum Gasteiger partial charge on any atom is -0.281 e. The van der Waals surface area contributed by atoms with Gasteiger partial charge < -0.3 is 0 Å². The van der Waals surface area contributed by atoms with E-state index >= 15 is 0 Å². The first-order chi connectivity index (χ1) is 5.75. The van der Waals surface area contributed by atoms with Gasteiger partial charge in [-0.2, -0.15) is 0 Å². The Labute approximate surface area is 75.7 Å². The molecule has 0 unspecified atom stereocenters. The van der Waals surface area contributed by atoms with Crippen molar-refractivity contribution in [3.63, 3.8) is 0 Å². The highest BCUT2D eigenvalue weighted by Crippen LogP contribution is 2.28. The lowest BCUT2D eigenvalue weighted by Gasteiger charge is -2.13. The molecule has 0 radical (unpaired) electrons. The fourth-order valence-corrected chi connectivity index (χ4v) is 1.09. The van der Waals surface area contributed by atoms with Crippen LogP contribution in [0.3, 0.4) is 0 Å². The summed E-state index contributed by atoms with van der Waals surface area (Å²) < 4.78 is 0.751. The van der Waals surface area contributed by atoms with Gasteiger partial charge in [-0.1, -0.05) is 0 Å². The number of hydrogen-bond acceptors (Lipinski definition) is 4. The van der Waals surface area contributed by atoms with Crippen molar-refractivity contribution in [1.82, 2.24) is 4.98 Å². The molecule has 6 heteroatoms. The van der Waals surface area contributed by atoms with Gasteiger partial charge in [0.05, 0.1) is 0 Å². The summed E-state index contributed by atoms with van der Waals surface area (Å²) in [5, 5.41) is 2.37. The Kier molecular flexibility index (Phi) is 1.61. The first kappa shape index (κ1) is 7.35. The van der Waals surface area contributed by atoms with Crippen molar-refractivity contribution in [2.24, 2.45) is 0 Å². The molecular weight excluding hydrogens is 228 g/mol. The number of amides is 1. The molecule has 1 aliphatic heterocycles. The summed E-state index contributed by atoms with van der Waals surface area (Å²) in [6.07, 6.45) is 0.880. The Balaban J connectivity index is 2.43. The van der Waals surface area contributed by atoms with Crippen LogP contribution in [0.25, 0.3) is 0 Å². The molecule has 0 spiro atoms. The molecule has 5 nitrogen and oxygen atoms in total. The lowest BCUT2D eigenvalue weighted by molar-refractivity contribution is -0.140. The van der Waals surface area contributed by atoms with Gasteiger partial charge in [-0.3, -0.25) is 10.2 Å². The second kappa shape index (κ2) is 2.63. The van der Waals surface area contributed by atoms with E-state index in [1.807, 2.05) is 0 Å². The van der Waals surface area contributed by atoms with Crippen molar-refractivity contribution in [2.45, 2.75) is 0 Å². The number of halogens is 1. The maximum atomic E-state index is 10.6. The smallest absolute Gasteiger partial charge is 0.281 e. The largest absolute Gasteiger partial charge is 0.455 e. The normalized spacial score (nSPS) is 13.9. The SMILES string of the molecule is O=C1Nc2ncc(Br)cc2OO1. The van der Waals surface area contributed by atoms with Crippen LogP contribution in [0.2, 0.25) is 0 Å². The first-order valence-electron chi connectivity index (χ1n) is 3.07. The number of aromatic nitrogens is 1. The number of pyridine rings is 1. The minimum atomic E-state index is -0.669. The number of rotatable bonds is 0. The van der Waals surface area contributed by atoms with E-state index in [1.54, 1.807) is 12.3 Å². The van der Waals surface area contributed by atoms with Gasteiger partial charge in [0.1, 0.15) is 0 Å². The maximum Gasteiger partial charge on any atom is 0.455 e. The number of nitrogens with one attached hydrogen (secondary N) is 1. The first-order valence-corrected chi connectivity index (χ1v) is 3.86. The summed E-state index contributed by atoms with van der Waals surface area (Å²) >= 11 is 3.19. The van der Waals surface area contributed by atoms with Crippen LogP contribution in [0.15, 0.2) is 16.7 Å². The van der Waals surface area contributed by atoms with Crippen LogP contribution in [0, 0.1) is 0 Å². The number of anilines is 1. The van der Waals surface area contributed by atoms with E-state index in [0.717, 1.165) is 4.47 Å². The van der Waals surface area contributed by atoms with Gasteiger partial charge in [0, 0.05) is 16.7 Å². The molecule has 2 heterocycles. The van der Waals surface area contributed by atoms with Crippen molar-refractivity contribution in [3.8, 4) is 5.75 Å². The number of carbonyl (C=O) groups is 1. The van der Waals surface area contributed by atoms with Gasteiger partial charge in [0.2, 0.25) is 5.75 Å². The number of fused-ring (bicyclic) bond motifs is 1. The van der Waals surface area contributed by atoms with Crippen LogP contribution < -0.4 is 10.2 Å². The van der Waals surface area contributed by atoms with E-state index in [1.165, 1.54) is 0 Å². The van der Waals surface area contributed by atoms with Crippen LogP contribution in [-0.2, 0) is 4.89 Å². The molecule has 0 bridgehead atoms. The Morgan fingerprint density at radius 1 is 1.50 bits per heavy atom. The Hall–Kier alpha value is -1.30. The lowest BCUT2D eigenvalue weighted by atomic mass is 10.4. The second-order valence-corrected chi connectivity index (χ2v) is 3.00. The van der Waals surface area contributed by atoms with Crippen LogP contribution in [0.5, 0.6) is 5.75 Å². The lowest BCUT2D eigenvalue weighted by Crippen LogP contribution is -2.22. The Morgan fingerprint density at radius 2 is 2.33 bits per heavy atom. The van der Waals surface area contributed by atoms with Crippen molar-refractivity contribution in [2.75, 3.05) is 5.32 Å². The zero-order chi connectivity index (χ0) is 8.55. The molecule has 0 saturated heterocycles. The van der Waals surface area contributed by atoms with E-state index in [-0.39, 0.29) is 0 Å². The molecule has 12 heavy (non-hydrogen) atoms. The van der Waals surface area contributed by atoms with Gasteiger partial charge in [-0.05, 0) is 15.9 Å². The standard InChI is InChI=1S/C6H3BrN2O3/c7-3-1-4-5(8-2-3)9-6(10)12-11-4/h1-2H,(H,8,9,10). The predicted molar refractivity (Wildman–Crippen MR) is 42.7 cm³/mol. The fraction of sp³-hybridized carbons (Fsp3) is 0. The topological polar surface area (TPSA) is 60.5 Å². The fourth-order valence-electron chi connectivity index (χ4n) is 0.778. The van der Waals surface area contributed by atoms with E-state index in [0.29, 0.717) is 11.6 Å². The molecule has 0 aromatic carbocycles. The van der Waals surface area contributed by atoms with Crippen LogP contribution in [-0.4, -0.2) is 11.1 Å². The van der Waals surface area contributed by atoms with Crippen LogP contribution in [0.1, 0.15) is 0 Å². The average Bonchev–Trinajstić information content (AvgIpc) is 2.05. The summed E-state index contributed by atoms with van der Waals surface area (Å²) in [4.78, 5) is 23.3. The van der Waals surface area contributed by atoms with Crippen LogP contribution in [0.4, 0.5) is 10.6 Å². The third-order valence-corrected chi connectivity index (χ3v) is 1.68. The highest BCUT2D eigenvalue weighted by Gasteiger charge is 2.19. The molecule has 1 aromatic heterocycles. The Morgan fingerprint density at radius 3 is 3.17 bits per heavy atom. The summed E-state index contributed by atoms with van der Waals surface area (Å²) in [6.45, 7) is 0. The van der Waals surface area contributed by atoms with Gasteiger partial charge in [0.15, 0.2) is 5.82 Å². The molecule has 62 valence electrons. The van der Waals surface area contributed by atoms with Crippen molar-refractivity contribution >= 4 is 27.8 Å². The zero-order valence-electron chi connectivity index (χ0n) is 5.70. The Bertz CT molecular complexity index is 342. The molecule has 1 aliphatic rings. The highest BCUT2D eigenvalue weighted by atomic mass is 79.9. The van der Waals surface area contributed by atoms with Gasteiger partial charge in [-0.15, -0.1) is 0 Å². The van der Waals surface area contributed by atoms with Gasteiger partial charge in [0.25, 0.3) is 0 Å². The number of hydrogen-bond donors (Lipinski definition) is 1. The van der Waals surface area contributed by atoms with E-state index in [2.05, 4.69) is 36.0 Å². The molecule has 1 N–H and O–H groups in total.